The number of aliphatic hydroxyl groups excluding tert-OH is 1. The first-order valence-corrected chi connectivity index (χ1v) is 10.2. The van der Waals surface area contributed by atoms with Crippen LogP contribution in [-0.4, -0.2) is 33.2 Å². The molecule has 0 radical (unpaired) electrons. The molecule has 2 heterocycles. The second kappa shape index (κ2) is 8.00. The summed E-state index contributed by atoms with van der Waals surface area (Å²) in [6.45, 7) is 2.96. The lowest BCUT2D eigenvalue weighted by molar-refractivity contribution is 0.279. The minimum atomic E-state index is -0.0677. The number of benzene rings is 2. The Kier molecular flexibility index (Phi) is 5.43. The zero-order chi connectivity index (χ0) is 20.5. The fraction of sp³-hybridized carbons (Fsp3) is 0.273. The number of methoxy groups -OCH3 is 1. The maximum absolute atomic E-state index is 13.3. The average molecular weight is 456 g/mol. The second-order valence-corrected chi connectivity index (χ2v) is 7.95. The first kappa shape index (κ1) is 19.7. The lowest BCUT2D eigenvalue weighted by atomic mass is 10.1. The maximum Gasteiger partial charge on any atom is 0.260 e. The largest absolute Gasteiger partial charge is 0.497 e. The highest BCUT2D eigenvalue weighted by Gasteiger charge is 2.18. The van der Waals surface area contributed by atoms with Gasteiger partial charge in [-0.3, -0.25) is 9.36 Å². The van der Waals surface area contributed by atoms with E-state index >= 15 is 0 Å². The van der Waals surface area contributed by atoms with Gasteiger partial charge in [-0.1, -0.05) is 28.1 Å². The zero-order valence-corrected chi connectivity index (χ0v) is 17.9. The molecule has 0 aliphatic heterocycles. The van der Waals surface area contributed by atoms with Gasteiger partial charge in [0.15, 0.2) is 0 Å². The van der Waals surface area contributed by atoms with Gasteiger partial charge in [-0.25, -0.2) is 4.68 Å². The molecule has 0 atom stereocenters. The van der Waals surface area contributed by atoms with Crippen molar-refractivity contribution in [2.24, 2.45) is 0 Å². The van der Waals surface area contributed by atoms with E-state index in [-0.39, 0.29) is 12.2 Å². The molecule has 150 valence electrons. The van der Waals surface area contributed by atoms with E-state index in [0.29, 0.717) is 24.9 Å². The van der Waals surface area contributed by atoms with E-state index < -0.39 is 0 Å². The molecule has 1 N–H and O–H groups in total. The molecule has 0 saturated carbocycles. The molecule has 29 heavy (non-hydrogen) atoms. The van der Waals surface area contributed by atoms with Crippen LogP contribution in [0, 0.1) is 6.92 Å². The number of ether oxygens (including phenoxy) is 1. The molecular formula is C22H22BrN3O3. The van der Waals surface area contributed by atoms with Crippen LogP contribution in [0.15, 0.2) is 51.9 Å². The third-order valence-electron chi connectivity index (χ3n) is 5.08. The van der Waals surface area contributed by atoms with Gasteiger partial charge in [0.1, 0.15) is 11.4 Å². The third-order valence-corrected chi connectivity index (χ3v) is 5.70. The molecule has 0 fully saturated rings. The van der Waals surface area contributed by atoms with Crippen LogP contribution in [0.5, 0.6) is 5.75 Å². The summed E-state index contributed by atoms with van der Waals surface area (Å²) in [4.78, 5) is 13.3. The molecule has 4 aromatic rings. The minimum Gasteiger partial charge on any atom is -0.497 e. The highest BCUT2D eigenvalue weighted by molar-refractivity contribution is 9.10. The first-order chi connectivity index (χ1) is 14.0. The Morgan fingerprint density at radius 1 is 1.17 bits per heavy atom. The van der Waals surface area contributed by atoms with Crippen molar-refractivity contribution in [3.8, 4) is 5.75 Å². The van der Waals surface area contributed by atoms with Crippen molar-refractivity contribution in [1.82, 2.24) is 14.3 Å². The molecule has 0 spiro atoms. The summed E-state index contributed by atoms with van der Waals surface area (Å²) in [5, 5.41) is 16.4. The number of aliphatic hydroxyl groups is 1. The van der Waals surface area contributed by atoms with Crippen LogP contribution < -0.4 is 10.3 Å². The summed E-state index contributed by atoms with van der Waals surface area (Å²) in [5.41, 5.74) is 2.76. The number of nitrogens with zero attached hydrogens (tertiary/aromatic N) is 3. The molecule has 7 heteroatoms. The van der Waals surface area contributed by atoms with Gasteiger partial charge in [0.05, 0.1) is 19.9 Å². The average Bonchev–Trinajstić information content (AvgIpc) is 3.11. The van der Waals surface area contributed by atoms with E-state index in [9.17, 15) is 9.90 Å². The van der Waals surface area contributed by atoms with E-state index in [4.69, 9.17) is 4.74 Å². The van der Waals surface area contributed by atoms with Gasteiger partial charge < -0.3 is 9.84 Å². The van der Waals surface area contributed by atoms with Gasteiger partial charge in [0.2, 0.25) is 0 Å². The fourth-order valence-electron chi connectivity index (χ4n) is 3.72. The van der Waals surface area contributed by atoms with Gasteiger partial charge in [-0.05, 0) is 48.7 Å². The minimum absolute atomic E-state index is 0.0239. The van der Waals surface area contributed by atoms with Crippen molar-refractivity contribution in [1.29, 1.82) is 0 Å². The number of pyridine rings is 1. The Balaban J connectivity index is 1.95. The highest BCUT2D eigenvalue weighted by atomic mass is 79.9. The van der Waals surface area contributed by atoms with Crippen LogP contribution in [0.3, 0.4) is 0 Å². The summed E-state index contributed by atoms with van der Waals surface area (Å²) in [5.74, 6) is 0.796. The predicted octanol–water partition coefficient (Wildman–Crippen LogP) is 3.86. The standard InChI is InChI=1S/C22H22BrN3O3/c1-14-10-17-20(19(23)11-14)18-12-24-26(13-15-4-6-16(29-2)7-5-15)21(18)25(22(17)28)8-3-9-27/h4-7,10-12,27H,3,8-9,13H2,1-2H3. The van der Waals surface area contributed by atoms with Crippen molar-refractivity contribution in [3.63, 3.8) is 0 Å². The number of hydrogen-bond acceptors (Lipinski definition) is 4. The lowest BCUT2D eigenvalue weighted by Crippen LogP contribution is -2.24. The Bertz CT molecular complexity index is 1240. The van der Waals surface area contributed by atoms with E-state index in [2.05, 4.69) is 21.0 Å². The second-order valence-electron chi connectivity index (χ2n) is 7.09. The summed E-state index contributed by atoms with van der Waals surface area (Å²) >= 11 is 3.63. The van der Waals surface area contributed by atoms with E-state index in [1.54, 1.807) is 11.7 Å². The Morgan fingerprint density at radius 3 is 2.62 bits per heavy atom. The molecule has 0 aliphatic carbocycles. The van der Waals surface area contributed by atoms with E-state index in [1.165, 1.54) is 0 Å². The monoisotopic (exact) mass is 455 g/mol. The van der Waals surface area contributed by atoms with Gasteiger partial charge in [0, 0.05) is 33.8 Å². The summed E-state index contributed by atoms with van der Waals surface area (Å²) in [6, 6.07) is 11.7. The molecule has 0 aliphatic rings. The smallest absolute Gasteiger partial charge is 0.260 e. The Labute approximate surface area is 176 Å². The molecule has 6 nitrogen and oxygen atoms in total. The van der Waals surface area contributed by atoms with Gasteiger partial charge in [-0.15, -0.1) is 0 Å². The molecule has 2 aromatic carbocycles. The molecule has 0 amide bonds. The summed E-state index contributed by atoms with van der Waals surface area (Å²) < 4.78 is 9.69. The SMILES string of the molecule is COc1ccc(Cn2ncc3c4c(Br)cc(C)cc4c(=O)n(CCCO)c32)cc1. The molecule has 4 rings (SSSR count). The lowest BCUT2D eigenvalue weighted by Gasteiger charge is -2.14. The van der Waals surface area contributed by atoms with Crippen molar-refractivity contribution >= 4 is 37.7 Å². The van der Waals surface area contributed by atoms with E-state index in [1.807, 2.05) is 54.2 Å². The van der Waals surface area contributed by atoms with Crippen molar-refractivity contribution < 1.29 is 9.84 Å². The molecule has 0 saturated heterocycles. The number of aryl methyl sites for hydroxylation is 2. The predicted molar refractivity (Wildman–Crippen MR) is 118 cm³/mol. The molecule has 0 unspecified atom stereocenters. The number of fused-ring (bicyclic) bond motifs is 3. The Hall–Kier alpha value is -2.64. The van der Waals surface area contributed by atoms with E-state index in [0.717, 1.165) is 37.8 Å². The van der Waals surface area contributed by atoms with Crippen LogP contribution >= 0.6 is 15.9 Å². The quantitative estimate of drug-likeness (QED) is 0.479. The number of rotatable bonds is 6. The van der Waals surface area contributed by atoms with Gasteiger partial charge in [0.25, 0.3) is 5.56 Å². The summed E-state index contributed by atoms with van der Waals surface area (Å²) in [6.07, 6.45) is 2.32. The topological polar surface area (TPSA) is 69.3 Å². The third kappa shape index (κ3) is 3.56. The van der Waals surface area contributed by atoms with Crippen molar-refractivity contribution in [2.75, 3.05) is 13.7 Å². The van der Waals surface area contributed by atoms with Crippen LogP contribution in [0.1, 0.15) is 17.5 Å². The van der Waals surface area contributed by atoms with Gasteiger partial charge >= 0.3 is 0 Å². The molecular weight excluding hydrogens is 434 g/mol. The Morgan fingerprint density at radius 2 is 1.93 bits per heavy atom. The molecule has 0 bridgehead atoms. The highest BCUT2D eigenvalue weighted by Crippen LogP contribution is 2.31. The van der Waals surface area contributed by atoms with Crippen LogP contribution in [0.25, 0.3) is 21.8 Å². The fourth-order valence-corrected chi connectivity index (χ4v) is 4.51. The van der Waals surface area contributed by atoms with Crippen LogP contribution in [-0.2, 0) is 13.1 Å². The number of aromatic nitrogens is 3. The number of halogens is 1. The summed E-state index contributed by atoms with van der Waals surface area (Å²) in [7, 11) is 1.64. The van der Waals surface area contributed by atoms with Crippen molar-refractivity contribution in [2.45, 2.75) is 26.4 Å². The zero-order valence-electron chi connectivity index (χ0n) is 16.4. The normalized spacial score (nSPS) is 11.4. The van der Waals surface area contributed by atoms with Crippen LogP contribution in [0.4, 0.5) is 0 Å². The molecule has 2 aromatic heterocycles. The van der Waals surface area contributed by atoms with Crippen LogP contribution in [0.2, 0.25) is 0 Å². The maximum atomic E-state index is 13.3. The van der Waals surface area contributed by atoms with Gasteiger partial charge in [-0.2, -0.15) is 5.10 Å². The number of hydrogen-bond donors (Lipinski definition) is 1. The van der Waals surface area contributed by atoms with Crippen molar-refractivity contribution in [3.05, 3.63) is 68.5 Å². The first-order valence-electron chi connectivity index (χ1n) is 9.45.